The van der Waals surface area contributed by atoms with Gasteiger partial charge in [-0.3, -0.25) is 0 Å². The van der Waals surface area contributed by atoms with E-state index in [1.807, 2.05) is 0 Å². The van der Waals surface area contributed by atoms with E-state index in [0.717, 1.165) is 0 Å². The van der Waals surface area contributed by atoms with Crippen LogP contribution in [0.1, 0.15) is 6.92 Å². The molecule has 0 aromatic carbocycles. The molecule has 6 heavy (non-hydrogen) atoms. The second kappa shape index (κ2) is 6.53. The summed E-state index contributed by atoms with van der Waals surface area (Å²) < 4.78 is 10.9. The normalized spacial score (nSPS) is 12.5. The van der Waals surface area contributed by atoms with Gasteiger partial charge in [0, 0.05) is 51.4 Å². The molecule has 0 saturated carbocycles. The van der Waals surface area contributed by atoms with Crippen LogP contribution in [-0.4, -0.2) is 69.3 Å². The van der Waals surface area contributed by atoms with Gasteiger partial charge in [0.25, 0.3) is 0 Å². The van der Waals surface area contributed by atoms with Crippen LogP contribution in [-0.2, 0) is 0 Å². The van der Waals surface area contributed by atoms with Crippen molar-refractivity contribution in [2.24, 2.45) is 0 Å². The van der Waals surface area contributed by atoms with Crippen LogP contribution in [0.3, 0.4) is 0 Å². The zero-order valence-electron chi connectivity index (χ0n) is 4.11. The fourth-order valence-corrected chi connectivity index (χ4v) is 0. The molecule has 1 nitrogen and oxygen atoms in total. The maximum atomic E-state index is 10.9. The monoisotopic (exact) mass is 117 g/mol. The maximum Gasteiger partial charge on any atom is 0.115 e. The molecule has 1 N–H and O–H groups in total. The Morgan fingerprint density at radius 2 is 2.00 bits per heavy atom. The van der Waals surface area contributed by atoms with Crippen molar-refractivity contribution in [3.05, 3.63) is 0 Å². The SMILES string of the molecule is CC(O)CF.[K]. The number of alkyl halides is 1. The minimum atomic E-state index is -0.782. The number of rotatable bonds is 1. The summed E-state index contributed by atoms with van der Waals surface area (Å²) in [5, 5.41) is 7.99. The topological polar surface area (TPSA) is 20.2 Å². The predicted octanol–water partition coefficient (Wildman–Crippen LogP) is -0.0441. The molecule has 33 valence electrons. The van der Waals surface area contributed by atoms with E-state index in [1.54, 1.807) is 0 Å². The van der Waals surface area contributed by atoms with E-state index in [2.05, 4.69) is 0 Å². The molecule has 1 radical (unpaired) electrons. The molecule has 0 bridgehead atoms. The van der Waals surface area contributed by atoms with Crippen LogP contribution in [0.2, 0.25) is 0 Å². The largest absolute Gasteiger partial charge is 0.391 e. The van der Waals surface area contributed by atoms with Gasteiger partial charge in [-0.05, 0) is 6.92 Å². The molecule has 3 heteroatoms. The van der Waals surface area contributed by atoms with Crippen LogP contribution >= 0.6 is 0 Å². The summed E-state index contributed by atoms with van der Waals surface area (Å²) >= 11 is 0. The van der Waals surface area contributed by atoms with Gasteiger partial charge in [0.05, 0.1) is 6.10 Å². The molecular weight excluding hydrogens is 110 g/mol. The van der Waals surface area contributed by atoms with Crippen molar-refractivity contribution < 1.29 is 9.50 Å². The summed E-state index contributed by atoms with van der Waals surface area (Å²) in [4.78, 5) is 0. The molecule has 0 aromatic heterocycles. The van der Waals surface area contributed by atoms with Gasteiger partial charge >= 0.3 is 0 Å². The first-order valence-electron chi connectivity index (χ1n) is 1.51. The summed E-state index contributed by atoms with van der Waals surface area (Å²) in [5.41, 5.74) is 0. The number of aliphatic hydroxyl groups excluding tert-OH is 1. The van der Waals surface area contributed by atoms with Gasteiger partial charge in [0.2, 0.25) is 0 Å². The summed E-state index contributed by atoms with van der Waals surface area (Å²) in [6, 6.07) is 0. The van der Waals surface area contributed by atoms with Crippen molar-refractivity contribution >= 4 is 51.4 Å². The zero-order chi connectivity index (χ0) is 4.28. The van der Waals surface area contributed by atoms with E-state index in [1.165, 1.54) is 6.92 Å². The van der Waals surface area contributed by atoms with Crippen molar-refractivity contribution in [1.82, 2.24) is 0 Å². The Bertz CT molecular complexity index is 24.8. The van der Waals surface area contributed by atoms with Crippen LogP contribution in [0.5, 0.6) is 0 Å². The molecule has 0 aliphatic carbocycles. The Balaban J connectivity index is 0. The molecule has 0 heterocycles. The van der Waals surface area contributed by atoms with E-state index >= 15 is 0 Å². The van der Waals surface area contributed by atoms with Crippen molar-refractivity contribution in [3.63, 3.8) is 0 Å². The maximum absolute atomic E-state index is 10.9. The molecule has 1 unspecified atom stereocenters. The van der Waals surface area contributed by atoms with Gasteiger partial charge in [-0.1, -0.05) is 0 Å². The van der Waals surface area contributed by atoms with Crippen LogP contribution in [0, 0.1) is 0 Å². The number of halogens is 1. The van der Waals surface area contributed by atoms with Crippen molar-refractivity contribution in [3.8, 4) is 0 Å². The van der Waals surface area contributed by atoms with Gasteiger partial charge in [0.15, 0.2) is 0 Å². The molecule has 0 saturated heterocycles. The third-order valence-electron chi connectivity index (χ3n) is 0.223. The average Bonchev–Trinajstić information content (AvgIpc) is 1.38. The fourth-order valence-electron chi connectivity index (χ4n) is 0. The third-order valence-corrected chi connectivity index (χ3v) is 0.223. The minimum Gasteiger partial charge on any atom is -0.391 e. The molecule has 0 aromatic rings. The second-order valence-corrected chi connectivity index (χ2v) is 1.00. The van der Waals surface area contributed by atoms with Crippen LogP contribution in [0.25, 0.3) is 0 Å². The quantitative estimate of drug-likeness (QED) is 0.478. The van der Waals surface area contributed by atoms with Gasteiger partial charge in [-0.2, -0.15) is 0 Å². The molecule has 0 amide bonds. The first-order valence-corrected chi connectivity index (χ1v) is 1.51. The first kappa shape index (κ1) is 10.5. The molecule has 0 spiro atoms. The van der Waals surface area contributed by atoms with Crippen LogP contribution in [0.4, 0.5) is 4.39 Å². The summed E-state index contributed by atoms with van der Waals surface area (Å²) in [5.74, 6) is 0. The van der Waals surface area contributed by atoms with Gasteiger partial charge in [-0.15, -0.1) is 0 Å². The minimum absolute atomic E-state index is 0. The Morgan fingerprint density at radius 1 is 1.83 bits per heavy atom. The first-order chi connectivity index (χ1) is 2.27. The Kier molecular flexibility index (Phi) is 11.4. The number of aliphatic hydroxyl groups is 1. The van der Waals surface area contributed by atoms with Gasteiger partial charge < -0.3 is 5.11 Å². The van der Waals surface area contributed by atoms with E-state index in [4.69, 9.17) is 5.11 Å². The summed E-state index contributed by atoms with van der Waals surface area (Å²) in [6.07, 6.45) is -0.782. The molecule has 0 fully saturated rings. The summed E-state index contributed by atoms with van der Waals surface area (Å²) in [7, 11) is 0. The fraction of sp³-hybridized carbons (Fsp3) is 1.00. The van der Waals surface area contributed by atoms with E-state index in [0.29, 0.717) is 0 Å². The van der Waals surface area contributed by atoms with Crippen molar-refractivity contribution in [1.29, 1.82) is 0 Å². The van der Waals surface area contributed by atoms with Gasteiger partial charge in [-0.25, -0.2) is 4.39 Å². The molecule has 1 atom stereocenters. The average molecular weight is 117 g/mol. The predicted molar refractivity (Wildman–Crippen MR) is 23.4 cm³/mol. The van der Waals surface area contributed by atoms with E-state index in [9.17, 15) is 4.39 Å². The zero-order valence-corrected chi connectivity index (χ0v) is 7.23. The Morgan fingerprint density at radius 3 is 2.00 bits per heavy atom. The smallest absolute Gasteiger partial charge is 0.115 e. The standard InChI is InChI=1S/C3H7FO.K/c1-3(5)2-4;/h3,5H,2H2,1H3;. The van der Waals surface area contributed by atoms with E-state index < -0.39 is 12.8 Å². The van der Waals surface area contributed by atoms with Crippen LogP contribution < -0.4 is 0 Å². The number of hydrogen-bond acceptors (Lipinski definition) is 1. The molecule has 0 rings (SSSR count). The van der Waals surface area contributed by atoms with Gasteiger partial charge in [0.1, 0.15) is 6.67 Å². The van der Waals surface area contributed by atoms with Crippen molar-refractivity contribution in [2.75, 3.05) is 6.67 Å². The van der Waals surface area contributed by atoms with Crippen molar-refractivity contribution in [2.45, 2.75) is 13.0 Å². The molecular formula is C3H7FKO. The third kappa shape index (κ3) is 9.11. The Hall–Kier alpha value is 1.53. The Labute approximate surface area is 79.4 Å². The van der Waals surface area contributed by atoms with Crippen LogP contribution in [0.15, 0.2) is 0 Å². The number of hydrogen-bond donors (Lipinski definition) is 1. The summed E-state index contributed by atoms with van der Waals surface area (Å²) in [6.45, 7) is 0.764. The van der Waals surface area contributed by atoms with E-state index in [-0.39, 0.29) is 51.4 Å². The molecule has 0 aliphatic rings. The molecule has 0 aliphatic heterocycles. The second-order valence-electron chi connectivity index (χ2n) is 1.00.